The molecule has 0 unspecified atom stereocenters. The van der Waals surface area contributed by atoms with E-state index in [-0.39, 0.29) is 5.91 Å². The van der Waals surface area contributed by atoms with Crippen LogP contribution in [0.1, 0.15) is 5.56 Å². The van der Waals surface area contributed by atoms with E-state index >= 15 is 0 Å². The van der Waals surface area contributed by atoms with Crippen LogP contribution in [0.3, 0.4) is 0 Å². The minimum absolute atomic E-state index is 0.0193. The molecule has 1 aromatic carbocycles. The monoisotopic (exact) mass is 388 g/mol. The van der Waals surface area contributed by atoms with Crippen LogP contribution in [-0.4, -0.2) is 48.5 Å². The summed E-state index contributed by atoms with van der Waals surface area (Å²) in [6.45, 7) is 6.19. The van der Waals surface area contributed by atoms with Crippen LogP contribution in [0.2, 0.25) is 0 Å². The number of hydrogen-bond donors (Lipinski definition) is 1. The number of carbonyl (C=O) groups is 1. The smallest absolute Gasteiger partial charge is 0.239 e. The number of anilines is 2. The van der Waals surface area contributed by atoms with Gasteiger partial charge in [0.2, 0.25) is 5.91 Å². The molecular weight excluding hydrogens is 368 g/mol. The number of aryl methyl sites for hydroxylation is 1. The molecule has 0 atom stereocenters. The SMILES string of the molecule is Cc1ccccc1N1CCN(CC(=O)Nc2ccc(Br)cn2)CC1. The number of carbonyl (C=O) groups excluding carboxylic acids is 1. The molecule has 0 bridgehead atoms. The van der Waals surface area contributed by atoms with Crippen LogP contribution in [0.4, 0.5) is 11.5 Å². The van der Waals surface area contributed by atoms with Crippen molar-refractivity contribution >= 4 is 33.3 Å². The van der Waals surface area contributed by atoms with Crippen LogP contribution in [0.25, 0.3) is 0 Å². The molecule has 5 nitrogen and oxygen atoms in total. The van der Waals surface area contributed by atoms with Gasteiger partial charge in [-0.2, -0.15) is 0 Å². The van der Waals surface area contributed by atoms with E-state index in [9.17, 15) is 4.79 Å². The molecule has 6 heteroatoms. The number of rotatable bonds is 4. The van der Waals surface area contributed by atoms with Crippen LogP contribution >= 0.6 is 15.9 Å². The molecule has 2 aromatic rings. The van der Waals surface area contributed by atoms with Crippen LogP contribution < -0.4 is 10.2 Å². The fraction of sp³-hybridized carbons (Fsp3) is 0.333. The minimum atomic E-state index is -0.0193. The molecule has 0 radical (unpaired) electrons. The normalized spacial score (nSPS) is 15.3. The third-order valence-electron chi connectivity index (χ3n) is 4.19. The van der Waals surface area contributed by atoms with Gasteiger partial charge in [-0.15, -0.1) is 0 Å². The van der Waals surface area contributed by atoms with Gasteiger partial charge in [-0.1, -0.05) is 18.2 Å². The lowest BCUT2D eigenvalue weighted by atomic mass is 10.1. The summed E-state index contributed by atoms with van der Waals surface area (Å²) in [5, 5.41) is 2.84. The Balaban J connectivity index is 1.49. The Kier molecular flexibility index (Phi) is 5.48. The van der Waals surface area contributed by atoms with E-state index in [1.165, 1.54) is 11.3 Å². The van der Waals surface area contributed by atoms with Crippen LogP contribution in [-0.2, 0) is 4.79 Å². The average Bonchev–Trinajstić information content (AvgIpc) is 2.58. The zero-order valence-corrected chi connectivity index (χ0v) is 15.3. The van der Waals surface area contributed by atoms with E-state index < -0.39 is 0 Å². The molecule has 1 aliphatic heterocycles. The molecule has 1 amide bonds. The molecule has 1 aromatic heterocycles. The topological polar surface area (TPSA) is 48.5 Å². The number of halogens is 1. The highest BCUT2D eigenvalue weighted by molar-refractivity contribution is 9.10. The first-order chi connectivity index (χ1) is 11.6. The number of pyridine rings is 1. The maximum atomic E-state index is 12.2. The number of aromatic nitrogens is 1. The van der Waals surface area contributed by atoms with Gasteiger partial charge < -0.3 is 10.2 Å². The molecule has 24 heavy (non-hydrogen) atoms. The van der Waals surface area contributed by atoms with Gasteiger partial charge in [0, 0.05) is 42.5 Å². The summed E-state index contributed by atoms with van der Waals surface area (Å²) in [5.74, 6) is 0.566. The first-order valence-electron chi connectivity index (χ1n) is 8.06. The molecule has 1 saturated heterocycles. The minimum Gasteiger partial charge on any atom is -0.369 e. The van der Waals surface area contributed by atoms with Crippen molar-refractivity contribution in [3.8, 4) is 0 Å². The van der Waals surface area contributed by atoms with Crippen LogP contribution in [0.5, 0.6) is 0 Å². The fourth-order valence-electron chi connectivity index (χ4n) is 2.90. The summed E-state index contributed by atoms with van der Waals surface area (Å²) >= 11 is 3.33. The number of amides is 1. The molecule has 1 fully saturated rings. The van der Waals surface area contributed by atoms with Gasteiger partial charge in [-0.25, -0.2) is 4.98 Å². The third-order valence-corrected chi connectivity index (χ3v) is 4.66. The van der Waals surface area contributed by atoms with Crippen molar-refractivity contribution < 1.29 is 4.79 Å². The zero-order chi connectivity index (χ0) is 16.9. The summed E-state index contributed by atoms with van der Waals surface area (Å²) in [6, 6.07) is 12.1. The van der Waals surface area contributed by atoms with Crippen molar-refractivity contribution in [3.63, 3.8) is 0 Å². The fourth-order valence-corrected chi connectivity index (χ4v) is 3.13. The van der Waals surface area contributed by atoms with E-state index in [2.05, 4.69) is 67.2 Å². The highest BCUT2D eigenvalue weighted by atomic mass is 79.9. The van der Waals surface area contributed by atoms with E-state index in [1.807, 2.05) is 6.07 Å². The average molecular weight is 389 g/mol. The predicted molar refractivity (Wildman–Crippen MR) is 100 cm³/mol. The molecule has 1 aliphatic rings. The van der Waals surface area contributed by atoms with Gasteiger partial charge in [0.05, 0.1) is 6.54 Å². The zero-order valence-electron chi connectivity index (χ0n) is 13.7. The summed E-state index contributed by atoms with van der Waals surface area (Å²) in [7, 11) is 0. The molecule has 2 heterocycles. The summed E-state index contributed by atoms with van der Waals surface area (Å²) in [6.07, 6.45) is 1.68. The summed E-state index contributed by atoms with van der Waals surface area (Å²) in [5.41, 5.74) is 2.59. The Bertz CT molecular complexity index is 696. The maximum absolute atomic E-state index is 12.2. The predicted octanol–water partition coefficient (Wildman–Crippen LogP) is 2.91. The van der Waals surface area contributed by atoms with Gasteiger partial charge in [-0.3, -0.25) is 9.69 Å². The Labute approximate surface area is 150 Å². The summed E-state index contributed by atoms with van der Waals surface area (Å²) < 4.78 is 0.896. The second-order valence-electron chi connectivity index (χ2n) is 5.96. The van der Waals surface area contributed by atoms with Crippen LogP contribution in [0.15, 0.2) is 47.1 Å². The Hall–Kier alpha value is -1.92. The van der Waals surface area contributed by atoms with Gasteiger partial charge in [0.1, 0.15) is 5.82 Å². The van der Waals surface area contributed by atoms with E-state index in [1.54, 1.807) is 12.3 Å². The number of benzene rings is 1. The lowest BCUT2D eigenvalue weighted by Crippen LogP contribution is -2.48. The van der Waals surface area contributed by atoms with E-state index in [0.29, 0.717) is 12.4 Å². The second-order valence-corrected chi connectivity index (χ2v) is 6.88. The maximum Gasteiger partial charge on any atom is 0.239 e. The van der Waals surface area contributed by atoms with Gasteiger partial charge >= 0.3 is 0 Å². The second kappa shape index (κ2) is 7.77. The number of nitrogens with zero attached hydrogens (tertiary/aromatic N) is 3. The van der Waals surface area contributed by atoms with Crippen molar-refractivity contribution in [3.05, 3.63) is 52.6 Å². The highest BCUT2D eigenvalue weighted by Crippen LogP contribution is 2.20. The number of piperazine rings is 1. The van der Waals surface area contributed by atoms with Crippen molar-refractivity contribution in [2.24, 2.45) is 0 Å². The van der Waals surface area contributed by atoms with Crippen molar-refractivity contribution in [2.75, 3.05) is 42.9 Å². The molecule has 0 aliphatic carbocycles. The summed E-state index contributed by atoms with van der Waals surface area (Å²) in [4.78, 5) is 20.9. The molecule has 126 valence electrons. The molecule has 0 spiro atoms. The van der Waals surface area contributed by atoms with E-state index in [4.69, 9.17) is 0 Å². The standard InChI is InChI=1S/C18H21BrN4O/c1-14-4-2-3-5-16(14)23-10-8-22(9-11-23)13-18(24)21-17-7-6-15(19)12-20-17/h2-7,12H,8-11,13H2,1H3,(H,20,21,24). The quantitative estimate of drug-likeness (QED) is 0.874. The number of para-hydroxylation sites is 1. The van der Waals surface area contributed by atoms with Gasteiger partial charge in [-0.05, 0) is 46.6 Å². The highest BCUT2D eigenvalue weighted by Gasteiger charge is 2.20. The Morgan fingerprint density at radius 2 is 1.92 bits per heavy atom. The Morgan fingerprint density at radius 3 is 2.58 bits per heavy atom. The number of nitrogens with one attached hydrogen (secondary N) is 1. The molecule has 0 saturated carbocycles. The first kappa shape index (κ1) is 16.9. The molecule has 3 rings (SSSR count). The molecular formula is C18H21BrN4O. The van der Waals surface area contributed by atoms with Crippen molar-refractivity contribution in [1.82, 2.24) is 9.88 Å². The van der Waals surface area contributed by atoms with Crippen molar-refractivity contribution in [1.29, 1.82) is 0 Å². The van der Waals surface area contributed by atoms with Crippen LogP contribution in [0, 0.1) is 6.92 Å². The van der Waals surface area contributed by atoms with Gasteiger partial charge in [0.25, 0.3) is 0 Å². The van der Waals surface area contributed by atoms with Gasteiger partial charge in [0.15, 0.2) is 0 Å². The largest absolute Gasteiger partial charge is 0.369 e. The molecule has 1 N–H and O–H groups in total. The van der Waals surface area contributed by atoms with Crippen molar-refractivity contribution in [2.45, 2.75) is 6.92 Å². The van der Waals surface area contributed by atoms with E-state index in [0.717, 1.165) is 30.7 Å². The lowest BCUT2D eigenvalue weighted by Gasteiger charge is -2.36. The Morgan fingerprint density at radius 1 is 1.17 bits per heavy atom. The lowest BCUT2D eigenvalue weighted by molar-refractivity contribution is -0.117. The third kappa shape index (κ3) is 4.33. The first-order valence-corrected chi connectivity index (χ1v) is 8.85. The number of hydrogen-bond acceptors (Lipinski definition) is 4.